The van der Waals surface area contributed by atoms with E-state index in [2.05, 4.69) is 43.0 Å². The van der Waals surface area contributed by atoms with E-state index in [9.17, 15) is 10.1 Å². The molecule has 0 fully saturated rings. The maximum atomic E-state index is 13.5. The molecule has 1 heterocycles. The number of nitrogens with zero attached hydrogens (tertiary/aromatic N) is 4. The van der Waals surface area contributed by atoms with Gasteiger partial charge in [-0.05, 0) is 52.3 Å². The van der Waals surface area contributed by atoms with Crippen molar-refractivity contribution in [3.63, 3.8) is 0 Å². The molecule has 4 rings (SSSR count). The molecule has 0 unspecified atom stereocenters. The lowest BCUT2D eigenvalue weighted by molar-refractivity contribution is 0.303. The molecule has 0 saturated heterocycles. The third kappa shape index (κ3) is 5.54. The average molecular weight is 629 g/mol. The topological polar surface area (TPSA) is 80.3 Å². The molecule has 0 spiro atoms. The highest BCUT2D eigenvalue weighted by Gasteiger charge is 2.23. The lowest BCUT2D eigenvalue weighted by atomic mass is 9.95. The van der Waals surface area contributed by atoms with Crippen LogP contribution in [0.4, 0.5) is 0 Å². The predicted octanol–water partition coefficient (Wildman–Crippen LogP) is 7.21. The minimum absolute atomic E-state index is 0.170. The lowest BCUT2D eigenvalue weighted by Crippen LogP contribution is -2.29. The fourth-order valence-electron chi connectivity index (χ4n) is 3.59. The van der Waals surface area contributed by atoms with Gasteiger partial charge in [-0.3, -0.25) is 4.79 Å². The maximum Gasteiger partial charge on any atom is 0.282 e. The molecule has 0 amide bonds. The second-order valence-corrected chi connectivity index (χ2v) is 11.3. The zero-order valence-corrected chi connectivity index (χ0v) is 23.6. The summed E-state index contributed by atoms with van der Waals surface area (Å²) in [5, 5.41) is 14.9. The number of fused-ring (bicyclic) bond motifs is 1. The molecule has 9 heteroatoms. The molecule has 4 aromatic rings. The Hall–Kier alpha value is -2.99. The third-order valence-electron chi connectivity index (χ3n) is 5.34. The van der Waals surface area contributed by atoms with Gasteiger partial charge in [-0.15, -0.1) is 0 Å². The van der Waals surface area contributed by atoms with Crippen LogP contribution in [0.25, 0.3) is 10.9 Å². The Morgan fingerprint density at radius 1 is 1.17 bits per heavy atom. The van der Waals surface area contributed by atoms with Gasteiger partial charge in [0.1, 0.15) is 18.2 Å². The number of rotatable bonds is 5. The van der Waals surface area contributed by atoms with Crippen LogP contribution < -0.4 is 10.3 Å². The van der Waals surface area contributed by atoms with Gasteiger partial charge in [0, 0.05) is 26.0 Å². The van der Waals surface area contributed by atoms with Gasteiger partial charge >= 0.3 is 0 Å². The molecular weight excluding hydrogens is 608 g/mol. The van der Waals surface area contributed by atoms with E-state index < -0.39 is 5.41 Å². The fraction of sp³-hybridized carbons (Fsp3) is 0.185. The van der Waals surface area contributed by atoms with Gasteiger partial charge in [-0.25, -0.2) is 4.98 Å². The Kier molecular flexibility index (Phi) is 7.65. The Bertz CT molecular complexity index is 1600. The van der Waals surface area contributed by atoms with Crippen LogP contribution in [0.2, 0.25) is 5.02 Å². The zero-order chi connectivity index (χ0) is 26.0. The van der Waals surface area contributed by atoms with Crippen molar-refractivity contribution in [1.29, 1.82) is 5.26 Å². The van der Waals surface area contributed by atoms with E-state index in [0.29, 0.717) is 43.1 Å². The molecule has 0 N–H and O–H groups in total. The standard InChI is InChI=1S/C27H21Br2ClN4O2/c1-27(2,3)26-33-23-9-8-19(28)11-21(23)25(35)34(26)32-14-18-10-20(30)12-22(29)24(18)36-15-17-7-5-4-6-16(17)13-31/h4-12,14H,15H2,1-3H3. The van der Waals surface area contributed by atoms with Gasteiger partial charge in [0.05, 0.1) is 33.2 Å². The summed E-state index contributed by atoms with van der Waals surface area (Å²) in [4.78, 5) is 18.2. The minimum atomic E-state index is -0.451. The Labute approximate surface area is 230 Å². The van der Waals surface area contributed by atoms with Crippen molar-refractivity contribution in [3.8, 4) is 11.8 Å². The molecule has 0 radical (unpaired) electrons. The third-order valence-corrected chi connectivity index (χ3v) is 6.64. The molecule has 1 aromatic heterocycles. The summed E-state index contributed by atoms with van der Waals surface area (Å²) < 4.78 is 8.81. The molecule has 6 nitrogen and oxygen atoms in total. The van der Waals surface area contributed by atoms with Crippen molar-refractivity contribution in [2.45, 2.75) is 32.8 Å². The van der Waals surface area contributed by atoms with Crippen LogP contribution in [0.5, 0.6) is 5.75 Å². The summed E-state index contributed by atoms with van der Waals surface area (Å²) in [6, 6.07) is 18.2. The number of aromatic nitrogens is 2. The fourth-order valence-corrected chi connectivity index (χ4v) is 4.90. The van der Waals surface area contributed by atoms with E-state index in [1.165, 1.54) is 10.9 Å². The largest absolute Gasteiger partial charge is 0.487 e. The average Bonchev–Trinajstić information content (AvgIpc) is 2.82. The molecule has 36 heavy (non-hydrogen) atoms. The van der Waals surface area contributed by atoms with Crippen molar-refractivity contribution in [2.24, 2.45) is 5.10 Å². The number of nitriles is 1. The molecule has 0 atom stereocenters. The molecule has 182 valence electrons. The van der Waals surface area contributed by atoms with Crippen molar-refractivity contribution < 1.29 is 4.74 Å². The number of benzene rings is 3. The SMILES string of the molecule is CC(C)(C)c1nc2ccc(Br)cc2c(=O)n1N=Cc1cc(Cl)cc(Br)c1OCc1ccccc1C#N. The monoisotopic (exact) mass is 626 g/mol. The molecule has 3 aromatic carbocycles. The van der Waals surface area contributed by atoms with Gasteiger partial charge in [-0.2, -0.15) is 15.0 Å². The number of hydrogen-bond donors (Lipinski definition) is 0. The van der Waals surface area contributed by atoms with Crippen molar-refractivity contribution >= 4 is 60.6 Å². The first-order valence-electron chi connectivity index (χ1n) is 11.0. The number of hydrogen-bond acceptors (Lipinski definition) is 5. The van der Waals surface area contributed by atoms with Crippen LogP contribution in [-0.2, 0) is 12.0 Å². The first kappa shape index (κ1) is 26.1. The van der Waals surface area contributed by atoms with Gasteiger partial charge in [0.15, 0.2) is 0 Å². The van der Waals surface area contributed by atoms with E-state index in [0.717, 1.165) is 10.0 Å². The van der Waals surface area contributed by atoms with Crippen LogP contribution in [-0.4, -0.2) is 15.9 Å². The van der Waals surface area contributed by atoms with E-state index in [1.807, 2.05) is 45.0 Å². The van der Waals surface area contributed by atoms with Crippen LogP contribution in [0.1, 0.15) is 43.3 Å². The highest BCUT2D eigenvalue weighted by molar-refractivity contribution is 9.10. The van der Waals surface area contributed by atoms with E-state index in [-0.39, 0.29) is 12.2 Å². The van der Waals surface area contributed by atoms with E-state index in [4.69, 9.17) is 21.3 Å². The van der Waals surface area contributed by atoms with Gasteiger partial charge < -0.3 is 4.74 Å². The van der Waals surface area contributed by atoms with Crippen LogP contribution in [0.3, 0.4) is 0 Å². The summed E-state index contributed by atoms with van der Waals surface area (Å²) in [7, 11) is 0. The van der Waals surface area contributed by atoms with Crippen LogP contribution >= 0.6 is 43.5 Å². The highest BCUT2D eigenvalue weighted by Crippen LogP contribution is 2.33. The smallest absolute Gasteiger partial charge is 0.282 e. The quantitative estimate of drug-likeness (QED) is 0.219. The number of ether oxygens (including phenoxy) is 1. The molecule has 0 aliphatic carbocycles. The minimum Gasteiger partial charge on any atom is -0.487 e. The summed E-state index contributed by atoms with van der Waals surface area (Å²) in [5.74, 6) is 1.00. The Morgan fingerprint density at radius 3 is 2.64 bits per heavy atom. The van der Waals surface area contributed by atoms with Gasteiger partial charge in [0.25, 0.3) is 5.56 Å². The van der Waals surface area contributed by atoms with Crippen LogP contribution in [0, 0.1) is 11.3 Å². The normalized spacial score (nSPS) is 11.7. The molecule has 0 bridgehead atoms. The van der Waals surface area contributed by atoms with Crippen LogP contribution in [0.15, 0.2) is 73.4 Å². The maximum absolute atomic E-state index is 13.5. The van der Waals surface area contributed by atoms with Gasteiger partial charge in [-0.1, -0.05) is 66.5 Å². The summed E-state index contributed by atoms with van der Waals surface area (Å²) in [6.07, 6.45) is 1.53. The Morgan fingerprint density at radius 2 is 1.92 bits per heavy atom. The molecule has 0 aliphatic heterocycles. The van der Waals surface area contributed by atoms with Crippen molar-refractivity contribution in [2.75, 3.05) is 0 Å². The first-order valence-corrected chi connectivity index (χ1v) is 12.9. The molecule has 0 saturated carbocycles. The van der Waals surface area contributed by atoms with Crippen molar-refractivity contribution in [1.82, 2.24) is 9.66 Å². The van der Waals surface area contributed by atoms with E-state index >= 15 is 0 Å². The highest BCUT2D eigenvalue weighted by atomic mass is 79.9. The van der Waals surface area contributed by atoms with E-state index in [1.54, 1.807) is 30.3 Å². The second-order valence-electron chi connectivity index (χ2n) is 9.07. The Balaban J connectivity index is 1.81. The number of halogens is 3. The zero-order valence-electron chi connectivity index (χ0n) is 19.7. The predicted molar refractivity (Wildman–Crippen MR) is 150 cm³/mol. The van der Waals surface area contributed by atoms with Gasteiger partial charge in [0.2, 0.25) is 0 Å². The molecule has 0 aliphatic rings. The summed E-state index contributed by atoms with van der Waals surface area (Å²) >= 11 is 13.3. The van der Waals surface area contributed by atoms with Crippen molar-refractivity contribution in [3.05, 3.63) is 101 Å². The summed E-state index contributed by atoms with van der Waals surface area (Å²) in [5.41, 5.74) is 1.71. The second kappa shape index (κ2) is 10.6. The lowest BCUT2D eigenvalue weighted by Gasteiger charge is -2.21. The molecular formula is C27H21Br2ClN4O2. The first-order chi connectivity index (χ1) is 17.1. The summed E-state index contributed by atoms with van der Waals surface area (Å²) in [6.45, 7) is 6.09.